The van der Waals surface area contributed by atoms with Crippen molar-refractivity contribution in [3.8, 4) is 11.9 Å². The number of hydrogen-bond acceptors (Lipinski definition) is 6. The third-order valence-electron chi connectivity index (χ3n) is 4.39. The zero-order valence-electron chi connectivity index (χ0n) is 15.3. The number of fused-ring (bicyclic) bond motifs is 1. The minimum atomic E-state index is -1.10. The second-order valence-electron chi connectivity index (χ2n) is 6.78. The van der Waals surface area contributed by atoms with Gasteiger partial charge in [-0.15, -0.1) is 0 Å². The molecule has 1 aliphatic heterocycles. The van der Waals surface area contributed by atoms with Crippen LogP contribution in [0.3, 0.4) is 0 Å². The van der Waals surface area contributed by atoms with Gasteiger partial charge in [-0.25, -0.2) is 4.99 Å². The van der Waals surface area contributed by atoms with E-state index in [0.29, 0.717) is 17.0 Å². The van der Waals surface area contributed by atoms with E-state index in [1.165, 1.54) is 18.2 Å². The molecule has 3 rings (SSSR count). The highest BCUT2D eigenvalue weighted by Crippen LogP contribution is 2.43. The molecular weight excluding hydrogens is 362 g/mol. The first kappa shape index (κ1) is 19.1. The number of hydrogen-bond donors (Lipinski definition) is 3. The molecule has 1 heterocycles. The van der Waals surface area contributed by atoms with Gasteiger partial charge in [0.2, 0.25) is 5.96 Å². The van der Waals surface area contributed by atoms with Gasteiger partial charge < -0.3 is 15.2 Å². The second-order valence-corrected chi connectivity index (χ2v) is 6.78. The summed E-state index contributed by atoms with van der Waals surface area (Å²) in [5, 5.41) is 36.5. The van der Waals surface area contributed by atoms with E-state index in [1.54, 1.807) is 32.2 Å². The van der Waals surface area contributed by atoms with Crippen LogP contribution < -0.4 is 15.4 Å². The van der Waals surface area contributed by atoms with Gasteiger partial charge in [0.25, 0.3) is 5.69 Å². The molecule has 2 aromatic carbocycles. The lowest BCUT2D eigenvalue weighted by Crippen LogP contribution is -2.49. The summed E-state index contributed by atoms with van der Waals surface area (Å²) in [6, 6.07) is 12.3. The van der Waals surface area contributed by atoms with Gasteiger partial charge in [-0.2, -0.15) is 5.26 Å². The van der Waals surface area contributed by atoms with Gasteiger partial charge >= 0.3 is 0 Å². The van der Waals surface area contributed by atoms with Crippen molar-refractivity contribution in [1.29, 1.82) is 5.26 Å². The highest BCUT2D eigenvalue weighted by atomic mass is 16.6. The third-order valence-corrected chi connectivity index (χ3v) is 4.39. The molecule has 0 aliphatic carbocycles. The number of guanidine groups is 1. The smallest absolute Gasteiger partial charge is 0.270 e. The molecule has 0 unspecified atom stereocenters. The Labute approximate surface area is 161 Å². The van der Waals surface area contributed by atoms with Crippen LogP contribution in [0.2, 0.25) is 0 Å². The Morgan fingerprint density at radius 3 is 2.68 bits per heavy atom. The minimum absolute atomic E-state index is 0.105. The van der Waals surface area contributed by atoms with Gasteiger partial charge in [0, 0.05) is 23.4 Å². The molecule has 0 saturated carbocycles. The number of rotatable bonds is 3. The standard InChI is InChI=1S/C19H19N5O4/c1-19(2)17(25)16(14-10-13(24(26)27)8-9-15(14)28-19)23-18(21-11-20)22-12-6-4-3-5-7-12/h3-10,16-17,25H,1-2H3,(H2,21,22,23)/t16-,17+/m1/s1. The highest BCUT2D eigenvalue weighted by Gasteiger charge is 2.43. The number of ether oxygens (including phenoxy) is 1. The van der Waals surface area contributed by atoms with Gasteiger partial charge in [-0.1, -0.05) is 18.2 Å². The number of non-ortho nitro benzene ring substituents is 1. The molecule has 0 amide bonds. The Hall–Kier alpha value is -3.64. The van der Waals surface area contributed by atoms with E-state index in [0.717, 1.165) is 0 Å². The molecule has 0 bridgehead atoms. The number of nitro benzene ring substituents is 1. The van der Waals surface area contributed by atoms with E-state index in [1.807, 2.05) is 18.2 Å². The molecule has 0 spiro atoms. The lowest BCUT2D eigenvalue weighted by molar-refractivity contribution is -0.385. The van der Waals surface area contributed by atoms with Crippen LogP contribution in [0, 0.1) is 21.6 Å². The summed E-state index contributed by atoms with van der Waals surface area (Å²) in [4.78, 5) is 15.1. The highest BCUT2D eigenvalue weighted by molar-refractivity contribution is 5.94. The maximum absolute atomic E-state index is 11.2. The Morgan fingerprint density at radius 2 is 2.04 bits per heavy atom. The zero-order valence-corrected chi connectivity index (χ0v) is 15.3. The number of aliphatic hydroxyl groups excluding tert-OH is 1. The zero-order chi connectivity index (χ0) is 20.3. The molecule has 9 nitrogen and oxygen atoms in total. The number of para-hydroxylation sites is 1. The molecule has 0 radical (unpaired) electrons. The van der Waals surface area contributed by atoms with Crippen LogP contribution in [-0.4, -0.2) is 27.7 Å². The van der Waals surface area contributed by atoms with Gasteiger partial charge in [-0.3, -0.25) is 15.4 Å². The Morgan fingerprint density at radius 1 is 1.32 bits per heavy atom. The van der Waals surface area contributed by atoms with E-state index in [-0.39, 0.29) is 11.6 Å². The number of benzene rings is 2. The summed E-state index contributed by atoms with van der Waals surface area (Å²) in [5.74, 6) is 0.499. The van der Waals surface area contributed by atoms with E-state index in [9.17, 15) is 15.2 Å². The molecule has 3 N–H and O–H groups in total. The fourth-order valence-corrected chi connectivity index (χ4v) is 2.95. The number of nitriles is 1. The fourth-order valence-electron chi connectivity index (χ4n) is 2.95. The van der Waals surface area contributed by atoms with Crippen LogP contribution in [0.4, 0.5) is 11.4 Å². The predicted octanol–water partition coefficient (Wildman–Crippen LogP) is 2.71. The number of nitrogens with zero attached hydrogens (tertiary/aromatic N) is 3. The van der Waals surface area contributed by atoms with Crippen molar-refractivity contribution in [1.82, 2.24) is 5.32 Å². The van der Waals surface area contributed by atoms with Crippen molar-refractivity contribution in [3.63, 3.8) is 0 Å². The molecule has 28 heavy (non-hydrogen) atoms. The average Bonchev–Trinajstić information content (AvgIpc) is 2.65. The first-order valence-electron chi connectivity index (χ1n) is 8.52. The van der Waals surface area contributed by atoms with Gasteiger partial charge in [0.15, 0.2) is 6.19 Å². The van der Waals surface area contributed by atoms with Crippen molar-refractivity contribution in [2.45, 2.75) is 31.6 Å². The maximum atomic E-state index is 11.2. The van der Waals surface area contributed by atoms with E-state index < -0.39 is 22.7 Å². The van der Waals surface area contributed by atoms with Gasteiger partial charge in [0.05, 0.1) is 4.92 Å². The second kappa shape index (κ2) is 7.54. The molecule has 144 valence electrons. The van der Waals surface area contributed by atoms with Crippen LogP contribution in [0.25, 0.3) is 0 Å². The molecule has 0 saturated heterocycles. The first-order valence-corrected chi connectivity index (χ1v) is 8.52. The molecule has 9 heteroatoms. The largest absolute Gasteiger partial charge is 0.485 e. The lowest BCUT2D eigenvalue weighted by atomic mass is 9.86. The topological polar surface area (TPSA) is 133 Å². The Bertz CT molecular complexity index is 953. The average molecular weight is 381 g/mol. The Balaban J connectivity index is 2.06. The minimum Gasteiger partial charge on any atom is -0.485 e. The normalized spacial score (nSPS) is 20.3. The van der Waals surface area contributed by atoms with Crippen LogP contribution in [0.1, 0.15) is 25.5 Å². The summed E-state index contributed by atoms with van der Waals surface area (Å²) < 4.78 is 5.81. The SMILES string of the molecule is CC1(C)Oc2ccc([N+](=O)[O-])cc2[C@@H](N=C(NC#N)Nc2ccccc2)[C@@H]1O. The quantitative estimate of drug-likeness (QED) is 0.186. The van der Waals surface area contributed by atoms with E-state index in [4.69, 9.17) is 10.00 Å². The summed E-state index contributed by atoms with van der Waals surface area (Å²) >= 11 is 0. The predicted molar refractivity (Wildman–Crippen MR) is 103 cm³/mol. The fraction of sp³-hybridized carbons (Fsp3) is 0.263. The number of nitrogens with one attached hydrogen (secondary N) is 2. The first-order chi connectivity index (χ1) is 13.3. The van der Waals surface area contributed by atoms with Crippen LogP contribution in [-0.2, 0) is 0 Å². The molecule has 2 atom stereocenters. The van der Waals surface area contributed by atoms with Crippen molar-refractivity contribution in [2.24, 2.45) is 4.99 Å². The number of aliphatic hydroxyl groups is 1. The molecule has 2 aromatic rings. The summed E-state index contributed by atoms with van der Waals surface area (Å²) in [5.41, 5.74) is -0.0700. The summed E-state index contributed by atoms with van der Waals surface area (Å²) in [7, 11) is 0. The maximum Gasteiger partial charge on any atom is 0.270 e. The van der Waals surface area contributed by atoms with Crippen LogP contribution in [0.15, 0.2) is 53.5 Å². The van der Waals surface area contributed by atoms with E-state index >= 15 is 0 Å². The summed E-state index contributed by atoms with van der Waals surface area (Å²) in [6.45, 7) is 3.40. The van der Waals surface area contributed by atoms with Crippen LogP contribution >= 0.6 is 0 Å². The summed E-state index contributed by atoms with van der Waals surface area (Å²) in [6.07, 6.45) is 0.701. The molecule has 1 aliphatic rings. The third kappa shape index (κ3) is 3.87. The van der Waals surface area contributed by atoms with Gasteiger partial charge in [-0.05, 0) is 32.0 Å². The number of anilines is 1. The molecule has 0 fully saturated rings. The lowest BCUT2D eigenvalue weighted by Gasteiger charge is -2.40. The number of aliphatic imine (C=N–C) groups is 1. The monoisotopic (exact) mass is 381 g/mol. The van der Waals surface area contributed by atoms with Crippen LogP contribution in [0.5, 0.6) is 5.75 Å². The molecule has 0 aromatic heterocycles. The van der Waals surface area contributed by atoms with Gasteiger partial charge in [0.1, 0.15) is 23.5 Å². The van der Waals surface area contributed by atoms with Crippen molar-refractivity contribution in [2.75, 3.05) is 5.32 Å². The molecular formula is C19H19N5O4. The Kier molecular flexibility index (Phi) is 5.15. The van der Waals surface area contributed by atoms with Crippen molar-refractivity contribution < 1.29 is 14.8 Å². The van der Waals surface area contributed by atoms with Crippen molar-refractivity contribution >= 4 is 17.3 Å². The number of nitro groups is 1. The van der Waals surface area contributed by atoms with E-state index in [2.05, 4.69) is 15.6 Å². The van der Waals surface area contributed by atoms with Crippen molar-refractivity contribution in [3.05, 3.63) is 64.2 Å².